The fourth-order valence-electron chi connectivity index (χ4n) is 5.32. The van der Waals surface area contributed by atoms with E-state index in [0.717, 1.165) is 48.2 Å². The smallest absolute Gasteiger partial charge is 0.327 e. The standard InChI is InChI=1S/C25H37N5O/c1-17(15-25(2,3)4)13-22-23(28-18-9-7-5-6-8-10-18)29-24(31)30(22)19-11-12-20-21(14-19)27-16-26-20/h11-12,14,16-18,22H,5-10,13,15H2,1-4H3,(H,26,27)(H,28,29,31). The number of H-pyrrole nitrogens is 1. The van der Waals surface area contributed by atoms with Crippen molar-refractivity contribution in [1.82, 2.24) is 15.3 Å². The number of rotatable bonds is 5. The van der Waals surface area contributed by atoms with Gasteiger partial charge in [-0.05, 0) is 55.2 Å². The van der Waals surface area contributed by atoms with E-state index >= 15 is 0 Å². The topological polar surface area (TPSA) is 73.4 Å². The Labute approximate surface area is 185 Å². The first-order valence-electron chi connectivity index (χ1n) is 11.9. The summed E-state index contributed by atoms with van der Waals surface area (Å²) in [5.41, 5.74) is 3.01. The molecule has 2 unspecified atom stereocenters. The van der Waals surface area contributed by atoms with Gasteiger partial charge >= 0.3 is 6.03 Å². The number of fused-ring (bicyclic) bond motifs is 1. The Hall–Kier alpha value is -2.37. The molecule has 168 valence electrons. The van der Waals surface area contributed by atoms with Crippen LogP contribution in [0.2, 0.25) is 0 Å². The molecule has 6 heteroatoms. The molecule has 0 bridgehead atoms. The maximum Gasteiger partial charge on any atom is 0.327 e. The summed E-state index contributed by atoms with van der Waals surface area (Å²) in [7, 11) is 0. The largest absolute Gasteiger partial charge is 0.345 e. The van der Waals surface area contributed by atoms with Gasteiger partial charge in [-0.1, -0.05) is 53.4 Å². The van der Waals surface area contributed by atoms with Crippen LogP contribution >= 0.6 is 0 Å². The van der Waals surface area contributed by atoms with Crippen LogP contribution in [0.15, 0.2) is 29.5 Å². The first-order valence-corrected chi connectivity index (χ1v) is 11.9. The van der Waals surface area contributed by atoms with Gasteiger partial charge in [0.25, 0.3) is 0 Å². The Kier molecular flexibility index (Phi) is 6.35. The van der Waals surface area contributed by atoms with E-state index in [1.165, 1.54) is 25.7 Å². The average Bonchev–Trinajstić information content (AvgIpc) is 3.15. The Morgan fingerprint density at radius 3 is 2.65 bits per heavy atom. The fraction of sp³-hybridized carbons (Fsp3) is 0.640. The van der Waals surface area contributed by atoms with E-state index in [1.54, 1.807) is 6.33 Å². The quantitative estimate of drug-likeness (QED) is 0.575. The second-order valence-corrected chi connectivity index (χ2v) is 10.7. The van der Waals surface area contributed by atoms with Crippen molar-refractivity contribution >= 4 is 28.6 Å². The van der Waals surface area contributed by atoms with Crippen LogP contribution in [-0.2, 0) is 0 Å². The highest BCUT2D eigenvalue weighted by molar-refractivity contribution is 6.16. The van der Waals surface area contributed by atoms with Gasteiger partial charge in [0.05, 0.1) is 29.4 Å². The van der Waals surface area contributed by atoms with Gasteiger partial charge < -0.3 is 4.98 Å². The van der Waals surface area contributed by atoms with E-state index in [9.17, 15) is 4.79 Å². The lowest BCUT2D eigenvalue weighted by Crippen LogP contribution is -2.37. The number of anilines is 1. The minimum atomic E-state index is -0.0702. The summed E-state index contributed by atoms with van der Waals surface area (Å²) in [6.07, 6.45) is 11.0. The Bertz CT molecular complexity index is 933. The second-order valence-electron chi connectivity index (χ2n) is 10.7. The van der Waals surface area contributed by atoms with Crippen molar-refractivity contribution < 1.29 is 4.79 Å². The molecule has 2 aliphatic rings. The number of aromatic nitrogens is 2. The van der Waals surface area contributed by atoms with E-state index in [4.69, 9.17) is 4.99 Å². The van der Waals surface area contributed by atoms with Gasteiger partial charge in [0, 0.05) is 5.69 Å². The molecule has 1 aliphatic heterocycles. The number of nitrogens with zero attached hydrogens (tertiary/aromatic N) is 3. The number of carbonyl (C=O) groups is 1. The summed E-state index contributed by atoms with van der Waals surface area (Å²) >= 11 is 0. The Morgan fingerprint density at radius 1 is 1.19 bits per heavy atom. The molecule has 2 N–H and O–H groups in total. The molecule has 2 heterocycles. The fourth-order valence-corrected chi connectivity index (χ4v) is 5.32. The lowest BCUT2D eigenvalue weighted by Gasteiger charge is -2.29. The number of amides is 2. The monoisotopic (exact) mass is 423 g/mol. The van der Waals surface area contributed by atoms with E-state index in [0.29, 0.717) is 12.0 Å². The van der Waals surface area contributed by atoms with Crippen molar-refractivity contribution in [3.05, 3.63) is 24.5 Å². The third-order valence-corrected chi connectivity index (χ3v) is 6.50. The lowest BCUT2D eigenvalue weighted by molar-refractivity contribution is 0.251. The van der Waals surface area contributed by atoms with E-state index in [2.05, 4.69) is 43.0 Å². The molecule has 0 radical (unpaired) electrons. The molecule has 2 amide bonds. The number of hydrogen-bond acceptors (Lipinski definition) is 3. The normalized spacial score (nSPS) is 23.4. The maximum absolute atomic E-state index is 13.2. The summed E-state index contributed by atoms with van der Waals surface area (Å²) in [5, 5.41) is 3.14. The third kappa shape index (κ3) is 5.28. The molecular formula is C25H37N5O. The first kappa shape index (κ1) is 21.8. The maximum atomic E-state index is 13.2. The second kappa shape index (κ2) is 9.01. The number of carbonyl (C=O) groups excluding carboxylic acids is 1. The Balaban J connectivity index is 1.65. The van der Waals surface area contributed by atoms with E-state index in [-0.39, 0.29) is 17.5 Å². The van der Waals surface area contributed by atoms with E-state index < -0.39 is 0 Å². The summed E-state index contributed by atoms with van der Waals surface area (Å²) in [5.74, 6) is 1.35. The summed E-state index contributed by atoms with van der Waals surface area (Å²) in [4.78, 5) is 27.7. The summed E-state index contributed by atoms with van der Waals surface area (Å²) in [6.45, 7) is 9.15. The molecule has 4 rings (SSSR count). The van der Waals surface area contributed by atoms with Crippen LogP contribution in [0, 0.1) is 11.3 Å². The van der Waals surface area contributed by atoms with Crippen molar-refractivity contribution in [1.29, 1.82) is 0 Å². The van der Waals surface area contributed by atoms with Crippen molar-refractivity contribution in [2.24, 2.45) is 16.3 Å². The zero-order valence-corrected chi connectivity index (χ0v) is 19.4. The van der Waals surface area contributed by atoms with Crippen molar-refractivity contribution in [2.75, 3.05) is 4.90 Å². The van der Waals surface area contributed by atoms with Crippen molar-refractivity contribution in [2.45, 2.75) is 91.1 Å². The zero-order chi connectivity index (χ0) is 22.0. The summed E-state index contributed by atoms with van der Waals surface area (Å²) in [6, 6.07) is 6.21. The van der Waals surface area contributed by atoms with Crippen molar-refractivity contribution in [3.63, 3.8) is 0 Å². The van der Waals surface area contributed by atoms with Crippen LogP contribution in [0.4, 0.5) is 10.5 Å². The van der Waals surface area contributed by atoms with Gasteiger partial charge in [0.2, 0.25) is 0 Å². The minimum Gasteiger partial charge on any atom is -0.345 e. The number of aliphatic imine (C=N–C) groups is 1. The van der Waals surface area contributed by atoms with E-state index in [1.807, 2.05) is 23.1 Å². The highest BCUT2D eigenvalue weighted by Crippen LogP contribution is 2.32. The van der Waals surface area contributed by atoms with Gasteiger partial charge in [0.15, 0.2) is 0 Å². The molecule has 1 saturated heterocycles. The molecule has 0 spiro atoms. The molecule has 2 atom stereocenters. The highest BCUT2D eigenvalue weighted by atomic mass is 16.2. The molecule has 1 aromatic heterocycles. The minimum absolute atomic E-state index is 0.0477. The molecule has 31 heavy (non-hydrogen) atoms. The number of urea groups is 1. The highest BCUT2D eigenvalue weighted by Gasteiger charge is 2.39. The van der Waals surface area contributed by atoms with Crippen LogP contribution < -0.4 is 10.2 Å². The number of benzene rings is 1. The van der Waals surface area contributed by atoms with Gasteiger partial charge in [-0.25, -0.2) is 9.78 Å². The average molecular weight is 424 g/mol. The molecule has 1 aromatic carbocycles. The third-order valence-electron chi connectivity index (χ3n) is 6.50. The molecular weight excluding hydrogens is 386 g/mol. The predicted molar refractivity (Wildman–Crippen MR) is 128 cm³/mol. The van der Waals surface area contributed by atoms with Crippen LogP contribution in [0.25, 0.3) is 11.0 Å². The SMILES string of the molecule is CC(CC1/C(=N/C2CCCCCC2)NC(=O)N1c1ccc2nc[nH]c2c1)CC(C)(C)C. The number of nitrogens with one attached hydrogen (secondary N) is 2. The first-order chi connectivity index (χ1) is 14.8. The molecule has 1 saturated carbocycles. The molecule has 6 nitrogen and oxygen atoms in total. The predicted octanol–water partition coefficient (Wildman–Crippen LogP) is 6.04. The summed E-state index contributed by atoms with van der Waals surface area (Å²) < 4.78 is 0. The molecule has 2 aromatic rings. The van der Waals surface area contributed by atoms with Gasteiger partial charge in [-0.3, -0.25) is 15.2 Å². The number of amidine groups is 1. The van der Waals surface area contributed by atoms with Crippen LogP contribution in [0.5, 0.6) is 0 Å². The molecule has 1 aliphatic carbocycles. The number of hydrogen-bond donors (Lipinski definition) is 2. The van der Waals surface area contributed by atoms with Crippen LogP contribution in [0.1, 0.15) is 79.1 Å². The lowest BCUT2D eigenvalue weighted by atomic mass is 9.82. The van der Waals surface area contributed by atoms with Crippen molar-refractivity contribution in [3.8, 4) is 0 Å². The Morgan fingerprint density at radius 2 is 1.94 bits per heavy atom. The van der Waals surface area contributed by atoms with Gasteiger partial charge in [-0.15, -0.1) is 0 Å². The van der Waals surface area contributed by atoms with Gasteiger partial charge in [-0.2, -0.15) is 0 Å². The molecule has 2 fully saturated rings. The van der Waals surface area contributed by atoms with Gasteiger partial charge in [0.1, 0.15) is 5.84 Å². The van der Waals surface area contributed by atoms with Crippen LogP contribution in [-0.4, -0.2) is 33.9 Å². The zero-order valence-electron chi connectivity index (χ0n) is 19.4. The van der Waals surface area contributed by atoms with Crippen LogP contribution in [0.3, 0.4) is 0 Å². The number of imidazole rings is 1. The number of aromatic amines is 1.